The van der Waals surface area contributed by atoms with Gasteiger partial charge < -0.3 is 4.74 Å². The van der Waals surface area contributed by atoms with Gasteiger partial charge in [0.05, 0.1) is 22.1 Å². The average Bonchev–Trinajstić information content (AvgIpc) is 2.16. The number of carbonyl (C=O) groups is 1. The van der Waals surface area contributed by atoms with Crippen LogP contribution >= 0.6 is 27.5 Å². The number of carbonyl (C=O) groups excluding carboxylic acids is 1. The smallest absolute Gasteiger partial charge is 0.271 e. The Morgan fingerprint density at radius 3 is 2.60 bits per heavy atom. The largest absolute Gasteiger partial charge is 0.495 e. The van der Waals surface area contributed by atoms with Crippen LogP contribution in [-0.4, -0.2) is 17.3 Å². The van der Waals surface area contributed by atoms with Crippen molar-refractivity contribution in [2.24, 2.45) is 0 Å². The predicted molar refractivity (Wildman–Crippen MR) is 57.5 cm³/mol. The number of non-ortho nitro benzene ring substituents is 1. The maximum absolute atomic E-state index is 11.0. The molecule has 0 atom stereocenters. The number of hydrogen-bond acceptors (Lipinski definition) is 4. The molecule has 0 N–H and O–H groups in total. The van der Waals surface area contributed by atoms with E-state index >= 15 is 0 Å². The topological polar surface area (TPSA) is 69.4 Å². The minimum absolute atomic E-state index is 0.0414. The molecule has 0 radical (unpaired) electrons. The maximum atomic E-state index is 11.0. The zero-order valence-electron chi connectivity index (χ0n) is 7.49. The highest BCUT2D eigenvalue weighted by Gasteiger charge is 2.19. The molecule has 1 rings (SSSR count). The van der Waals surface area contributed by atoms with Gasteiger partial charge in [0.25, 0.3) is 10.9 Å². The van der Waals surface area contributed by atoms with E-state index < -0.39 is 10.2 Å². The lowest BCUT2D eigenvalue weighted by Crippen LogP contribution is -1.99. The Labute approximate surface area is 98.3 Å². The summed E-state index contributed by atoms with van der Waals surface area (Å²) in [5.74, 6) is 0.181. The lowest BCUT2D eigenvalue weighted by atomic mass is 10.2. The van der Waals surface area contributed by atoms with Gasteiger partial charge in [-0.3, -0.25) is 14.9 Å². The summed E-state index contributed by atoms with van der Waals surface area (Å²) >= 11 is 8.33. The molecular weight excluding hydrogens is 289 g/mol. The van der Waals surface area contributed by atoms with Crippen LogP contribution in [0.1, 0.15) is 10.4 Å². The highest BCUT2D eigenvalue weighted by Crippen LogP contribution is 2.34. The van der Waals surface area contributed by atoms with Gasteiger partial charge in [-0.25, -0.2) is 0 Å². The monoisotopic (exact) mass is 293 g/mol. The van der Waals surface area contributed by atoms with Crippen molar-refractivity contribution in [2.45, 2.75) is 0 Å². The number of rotatable bonds is 3. The van der Waals surface area contributed by atoms with Crippen molar-refractivity contribution in [3.63, 3.8) is 0 Å². The fourth-order valence-corrected chi connectivity index (χ4v) is 1.79. The third kappa shape index (κ3) is 2.45. The number of ether oxygens (including phenoxy) is 1. The molecule has 0 saturated carbocycles. The van der Waals surface area contributed by atoms with Gasteiger partial charge in [0.1, 0.15) is 5.75 Å². The summed E-state index contributed by atoms with van der Waals surface area (Å²) in [5.41, 5.74) is -0.271. The van der Waals surface area contributed by atoms with Crippen molar-refractivity contribution in [1.82, 2.24) is 0 Å². The first-order valence-corrected chi connectivity index (χ1v) is 4.86. The van der Waals surface area contributed by atoms with Crippen LogP contribution in [0.5, 0.6) is 5.75 Å². The molecule has 0 bridgehead atoms. The summed E-state index contributed by atoms with van der Waals surface area (Å²) in [6, 6.07) is 2.31. The number of nitro benzene ring substituents is 1. The van der Waals surface area contributed by atoms with Crippen LogP contribution in [0.3, 0.4) is 0 Å². The van der Waals surface area contributed by atoms with Crippen LogP contribution in [0, 0.1) is 10.1 Å². The molecule has 0 spiro atoms. The van der Waals surface area contributed by atoms with Crippen molar-refractivity contribution >= 4 is 38.5 Å². The lowest BCUT2D eigenvalue weighted by Gasteiger charge is -2.06. The van der Waals surface area contributed by atoms with Crippen molar-refractivity contribution in [3.05, 3.63) is 32.3 Å². The van der Waals surface area contributed by atoms with Gasteiger partial charge in [0.15, 0.2) is 0 Å². The second-order valence-electron chi connectivity index (χ2n) is 2.54. The van der Waals surface area contributed by atoms with E-state index in [0.717, 1.165) is 6.07 Å². The first-order valence-electron chi connectivity index (χ1n) is 3.69. The quantitative estimate of drug-likeness (QED) is 0.488. The predicted octanol–water partition coefficient (Wildman–Crippen LogP) is 2.74. The molecule has 0 aromatic heterocycles. The minimum Gasteiger partial charge on any atom is -0.495 e. The second kappa shape index (κ2) is 4.59. The van der Waals surface area contributed by atoms with E-state index in [1.165, 1.54) is 13.2 Å². The van der Waals surface area contributed by atoms with Crippen LogP contribution < -0.4 is 4.74 Å². The number of nitro groups is 1. The molecule has 7 heteroatoms. The van der Waals surface area contributed by atoms with Crippen LogP contribution in [0.4, 0.5) is 5.69 Å². The molecule has 0 aliphatic heterocycles. The molecule has 0 heterocycles. The maximum Gasteiger partial charge on any atom is 0.271 e. The molecule has 0 amide bonds. The van der Waals surface area contributed by atoms with Crippen molar-refractivity contribution < 1.29 is 14.5 Å². The van der Waals surface area contributed by atoms with E-state index in [9.17, 15) is 14.9 Å². The molecule has 0 fully saturated rings. The second-order valence-corrected chi connectivity index (χ2v) is 3.74. The number of methoxy groups -OCH3 is 1. The fourth-order valence-electron chi connectivity index (χ4n) is 1.04. The molecule has 80 valence electrons. The van der Waals surface area contributed by atoms with Gasteiger partial charge >= 0.3 is 0 Å². The molecule has 0 unspecified atom stereocenters. The van der Waals surface area contributed by atoms with Gasteiger partial charge in [0, 0.05) is 12.1 Å². The fraction of sp³-hybridized carbons (Fsp3) is 0.125. The molecule has 0 aliphatic rings. The Morgan fingerprint density at radius 1 is 1.60 bits per heavy atom. The highest BCUT2D eigenvalue weighted by atomic mass is 79.9. The first kappa shape index (κ1) is 11.9. The van der Waals surface area contributed by atoms with Gasteiger partial charge in [-0.1, -0.05) is 0 Å². The van der Waals surface area contributed by atoms with E-state index in [1.54, 1.807) is 0 Å². The summed E-state index contributed by atoms with van der Waals surface area (Å²) in [6.07, 6.45) is 0. The molecule has 15 heavy (non-hydrogen) atoms. The summed E-state index contributed by atoms with van der Waals surface area (Å²) in [7, 11) is 1.34. The Balaban J connectivity index is 3.45. The number of hydrogen-bond donors (Lipinski definition) is 0. The van der Waals surface area contributed by atoms with Crippen LogP contribution in [0.2, 0.25) is 0 Å². The minimum atomic E-state index is -0.809. The summed E-state index contributed by atoms with van der Waals surface area (Å²) in [4.78, 5) is 20.9. The van der Waals surface area contributed by atoms with Crippen molar-refractivity contribution in [2.75, 3.05) is 7.11 Å². The SMILES string of the molecule is COc1c(Br)cc([N+](=O)[O-])cc1C(=O)Cl. The third-order valence-corrected chi connectivity index (χ3v) is 2.45. The molecular formula is C8H5BrClNO4. The van der Waals surface area contributed by atoms with Gasteiger partial charge in [-0.2, -0.15) is 0 Å². The summed E-state index contributed by atoms with van der Waals surface area (Å²) < 4.78 is 5.21. The molecule has 1 aromatic carbocycles. The van der Waals surface area contributed by atoms with E-state index in [1.807, 2.05) is 0 Å². The third-order valence-electron chi connectivity index (χ3n) is 1.66. The summed E-state index contributed by atoms with van der Waals surface area (Å²) in [5, 5.41) is 9.71. The first-order chi connectivity index (χ1) is 6.97. The average molecular weight is 294 g/mol. The van der Waals surface area contributed by atoms with Crippen LogP contribution in [-0.2, 0) is 0 Å². The van der Waals surface area contributed by atoms with Crippen molar-refractivity contribution in [1.29, 1.82) is 0 Å². The Bertz CT molecular complexity index is 435. The van der Waals surface area contributed by atoms with Crippen LogP contribution in [0.15, 0.2) is 16.6 Å². The number of halogens is 2. The molecule has 0 aliphatic carbocycles. The van der Waals surface area contributed by atoms with Crippen molar-refractivity contribution in [3.8, 4) is 5.75 Å². The molecule has 1 aromatic rings. The lowest BCUT2D eigenvalue weighted by molar-refractivity contribution is -0.385. The Morgan fingerprint density at radius 2 is 2.20 bits per heavy atom. The number of benzene rings is 1. The zero-order valence-corrected chi connectivity index (χ0v) is 9.83. The van der Waals surface area contributed by atoms with E-state index in [-0.39, 0.29) is 17.0 Å². The normalized spacial score (nSPS) is 9.80. The van der Waals surface area contributed by atoms with Gasteiger partial charge in [0.2, 0.25) is 0 Å². The number of nitrogens with zero attached hydrogens (tertiary/aromatic N) is 1. The van der Waals surface area contributed by atoms with Gasteiger partial charge in [-0.15, -0.1) is 0 Å². The zero-order chi connectivity index (χ0) is 11.6. The van der Waals surface area contributed by atoms with E-state index in [4.69, 9.17) is 16.3 Å². The molecule has 5 nitrogen and oxygen atoms in total. The molecule has 0 saturated heterocycles. The standard InChI is InChI=1S/C8H5BrClNO4/c1-15-7-5(8(10)12)2-4(11(13)14)3-6(7)9/h2-3H,1H3. The summed E-state index contributed by atoms with van der Waals surface area (Å²) in [6.45, 7) is 0. The van der Waals surface area contributed by atoms with E-state index in [0.29, 0.717) is 4.47 Å². The highest BCUT2D eigenvalue weighted by molar-refractivity contribution is 9.10. The van der Waals surface area contributed by atoms with Gasteiger partial charge in [-0.05, 0) is 27.5 Å². The van der Waals surface area contributed by atoms with Crippen LogP contribution in [0.25, 0.3) is 0 Å². The van der Waals surface area contributed by atoms with E-state index in [2.05, 4.69) is 15.9 Å². The Kier molecular flexibility index (Phi) is 3.65. The Hall–Kier alpha value is -1.14.